The van der Waals surface area contributed by atoms with Gasteiger partial charge in [0, 0.05) is 55.7 Å². The summed E-state index contributed by atoms with van der Waals surface area (Å²) >= 11 is 0. The Morgan fingerprint density at radius 3 is 1.43 bits per heavy atom. The molecule has 0 N–H and O–H groups in total. The first-order chi connectivity index (χ1) is 28.8. The van der Waals surface area contributed by atoms with Gasteiger partial charge in [-0.1, -0.05) is 133 Å². The van der Waals surface area contributed by atoms with E-state index in [-0.39, 0.29) is 6.71 Å². The Bertz CT molecular complexity index is 3320. The van der Waals surface area contributed by atoms with E-state index in [1.807, 2.05) is 0 Å². The van der Waals surface area contributed by atoms with Crippen LogP contribution in [-0.2, 0) is 0 Å². The SMILES string of the molecule is c1ccc(N2c3ccccc3B3c4ccc(-c5ccc(-c6cc7c8ccccc8n8c9ccccc9c(c6)c78)cc5)cc4N(c4ccccc4)c4cccc2c43)cc1. The van der Waals surface area contributed by atoms with Gasteiger partial charge in [-0.15, -0.1) is 0 Å². The van der Waals surface area contributed by atoms with Crippen molar-refractivity contribution in [2.24, 2.45) is 0 Å². The van der Waals surface area contributed by atoms with Gasteiger partial charge in [-0.25, -0.2) is 0 Å². The van der Waals surface area contributed by atoms with Crippen LogP contribution in [0.2, 0.25) is 0 Å². The molecule has 13 rings (SSSR count). The van der Waals surface area contributed by atoms with E-state index in [1.165, 1.54) is 99.5 Å². The summed E-state index contributed by atoms with van der Waals surface area (Å²) in [5.41, 5.74) is 19.9. The molecule has 4 heterocycles. The van der Waals surface area contributed by atoms with Gasteiger partial charge in [-0.2, -0.15) is 0 Å². The van der Waals surface area contributed by atoms with Crippen molar-refractivity contribution in [1.82, 2.24) is 4.40 Å². The summed E-state index contributed by atoms with van der Waals surface area (Å²) in [5, 5.41) is 5.20. The summed E-state index contributed by atoms with van der Waals surface area (Å²) in [7, 11) is 0. The molecule has 0 spiro atoms. The van der Waals surface area contributed by atoms with Crippen molar-refractivity contribution in [3.8, 4) is 22.3 Å². The summed E-state index contributed by atoms with van der Waals surface area (Å²) in [5.74, 6) is 0. The molecule has 0 radical (unpaired) electrons. The molecule has 0 bridgehead atoms. The van der Waals surface area contributed by atoms with Crippen LogP contribution in [0.15, 0.2) is 206 Å². The number of nitrogens with zero attached hydrogens (tertiary/aromatic N) is 3. The van der Waals surface area contributed by atoms with Crippen LogP contribution in [0.3, 0.4) is 0 Å². The van der Waals surface area contributed by atoms with Crippen molar-refractivity contribution in [2.75, 3.05) is 9.80 Å². The summed E-state index contributed by atoms with van der Waals surface area (Å²) < 4.78 is 2.45. The molecule has 0 aliphatic carbocycles. The first-order valence-corrected chi connectivity index (χ1v) is 20.1. The van der Waals surface area contributed by atoms with Crippen molar-refractivity contribution in [1.29, 1.82) is 0 Å². The second-order valence-electron chi connectivity index (χ2n) is 15.7. The van der Waals surface area contributed by atoms with E-state index in [0.717, 1.165) is 11.4 Å². The maximum atomic E-state index is 2.48. The first kappa shape index (κ1) is 31.6. The van der Waals surface area contributed by atoms with Gasteiger partial charge in [-0.3, -0.25) is 0 Å². The third kappa shape index (κ3) is 4.34. The van der Waals surface area contributed by atoms with E-state index in [1.54, 1.807) is 0 Å². The number of anilines is 6. The largest absolute Gasteiger partial charge is 0.311 e. The summed E-state index contributed by atoms with van der Waals surface area (Å²) in [6.07, 6.45) is 0. The Kier molecular flexibility index (Phi) is 6.53. The fourth-order valence-electron chi connectivity index (χ4n) is 10.2. The van der Waals surface area contributed by atoms with Gasteiger partial charge >= 0.3 is 0 Å². The smallest absolute Gasteiger partial charge is 0.252 e. The molecule has 3 nitrogen and oxygen atoms in total. The van der Waals surface area contributed by atoms with Crippen LogP contribution in [0.5, 0.6) is 0 Å². The Balaban J connectivity index is 0.963. The van der Waals surface area contributed by atoms with Crippen molar-refractivity contribution in [2.45, 2.75) is 0 Å². The minimum absolute atomic E-state index is 0.0941. The predicted molar refractivity (Wildman–Crippen MR) is 246 cm³/mol. The zero-order valence-corrected chi connectivity index (χ0v) is 31.5. The molecule has 268 valence electrons. The summed E-state index contributed by atoms with van der Waals surface area (Å²) in [6.45, 7) is 0.0941. The van der Waals surface area contributed by atoms with Crippen molar-refractivity contribution in [3.63, 3.8) is 0 Å². The summed E-state index contributed by atoms with van der Waals surface area (Å²) in [6, 6.07) is 76.1. The molecule has 0 unspecified atom stereocenters. The van der Waals surface area contributed by atoms with Gasteiger partial charge < -0.3 is 14.2 Å². The van der Waals surface area contributed by atoms with Crippen LogP contribution >= 0.6 is 0 Å². The molecule has 4 heteroatoms. The molecule has 2 aliphatic rings. The highest BCUT2D eigenvalue weighted by atomic mass is 15.2. The molecule has 58 heavy (non-hydrogen) atoms. The Morgan fingerprint density at radius 2 is 0.793 bits per heavy atom. The molecule has 0 amide bonds. The minimum Gasteiger partial charge on any atom is -0.311 e. The lowest BCUT2D eigenvalue weighted by Crippen LogP contribution is -2.61. The fourth-order valence-corrected chi connectivity index (χ4v) is 10.2. The van der Waals surface area contributed by atoms with E-state index < -0.39 is 0 Å². The van der Waals surface area contributed by atoms with Gasteiger partial charge in [-0.05, 0) is 111 Å². The van der Waals surface area contributed by atoms with Crippen LogP contribution < -0.4 is 26.2 Å². The lowest BCUT2D eigenvalue weighted by Gasteiger charge is -2.44. The molecule has 0 fully saturated rings. The average Bonchev–Trinajstić information content (AvgIpc) is 3.81. The quantitative estimate of drug-likeness (QED) is 0.167. The zero-order chi connectivity index (χ0) is 37.9. The molecule has 2 aliphatic heterocycles. The van der Waals surface area contributed by atoms with Crippen LogP contribution in [0.1, 0.15) is 0 Å². The Hall–Kier alpha value is -7.56. The van der Waals surface area contributed by atoms with Crippen LogP contribution in [0.4, 0.5) is 34.1 Å². The third-order valence-electron chi connectivity index (χ3n) is 12.7. The number of aromatic nitrogens is 1. The number of rotatable bonds is 4. The number of hydrogen-bond donors (Lipinski definition) is 0. The lowest BCUT2D eigenvalue weighted by molar-refractivity contribution is 1.25. The normalized spacial score (nSPS) is 13.1. The van der Waals surface area contributed by atoms with E-state index in [9.17, 15) is 0 Å². The molecule has 0 saturated heterocycles. The van der Waals surface area contributed by atoms with Crippen molar-refractivity contribution in [3.05, 3.63) is 206 Å². The Morgan fingerprint density at radius 1 is 0.310 bits per heavy atom. The number of para-hydroxylation sites is 5. The lowest BCUT2D eigenvalue weighted by atomic mass is 9.33. The zero-order valence-electron chi connectivity index (χ0n) is 31.5. The minimum atomic E-state index is 0.0941. The van der Waals surface area contributed by atoms with E-state index in [0.29, 0.717) is 0 Å². The highest BCUT2D eigenvalue weighted by Gasteiger charge is 2.43. The van der Waals surface area contributed by atoms with Crippen LogP contribution in [-0.4, -0.2) is 11.1 Å². The second kappa shape index (κ2) is 12.0. The van der Waals surface area contributed by atoms with E-state index >= 15 is 0 Å². The highest BCUT2D eigenvalue weighted by molar-refractivity contribution is 7.00. The summed E-state index contributed by atoms with van der Waals surface area (Å²) in [4.78, 5) is 4.92. The van der Waals surface area contributed by atoms with E-state index in [4.69, 9.17) is 0 Å². The number of benzene rings is 9. The van der Waals surface area contributed by atoms with E-state index in [2.05, 4.69) is 220 Å². The molecule has 0 saturated carbocycles. The van der Waals surface area contributed by atoms with Crippen LogP contribution in [0.25, 0.3) is 60.3 Å². The van der Waals surface area contributed by atoms with Crippen molar-refractivity contribution < 1.29 is 0 Å². The topological polar surface area (TPSA) is 10.9 Å². The van der Waals surface area contributed by atoms with Crippen molar-refractivity contribution >= 4 is 95.3 Å². The van der Waals surface area contributed by atoms with Gasteiger partial charge in [0.2, 0.25) is 0 Å². The van der Waals surface area contributed by atoms with Crippen LogP contribution in [0, 0.1) is 0 Å². The number of fused-ring (bicyclic) bond motifs is 10. The molecule has 2 aromatic heterocycles. The van der Waals surface area contributed by atoms with Gasteiger partial charge in [0.15, 0.2) is 0 Å². The third-order valence-corrected chi connectivity index (χ3v) is 12.7. The molecular weight excluding hydrogens is 701 g/mol. The molecule has 11 aromatic rings. The standard InChI is InChI=1S/C54H34BN3/c1-3-14-39(15-4-1)56-49-23-12-9-20-45(49)55-46-31-30-37(34-52(46)57(40-16-5-2-6-17-40)51-25-13-24-50(56)53(51)55)35-26-28-36(29-27-35)38-32-43-41-18-7-10-21-47(41)58-48-22-11-8-19-42(48)44(33-38)54(43)58/h1-34H. The highest BCUT2D eigenvalue weighted by Crippen LogP contribution is 2.45. The maximum Gasteiger partial charge on any atom is 0.252 e. The molecular formula is C54H34BN3. The second-order valence-corrected chi connectivity index (χ2v) is 15.7. The van der Waals surface area contributed by atoms with Gasteiger partial charge in [0.05, 0.1) is 16.6 Å². The Labute approximate surface area is 336 Å². The average molecular weight is 736 g/mol. The maximum absolute atomic E-state index is 2.48. The number of hydrogen-bond acceptors (Lipinski definition) is 2. The van der Waals surface area contributed by atoms with Gasteiger partial charge in [0.1, 0.15) is 0 Å². The fraction of sp³-hybridized carbons (Fsp3) is 0. The predicted octanol–water partition coefficient (Wildman–Crippen LogP) is 12.3. The van der Waals surface area contributed by atoms with Gasteiger partial charge in [0.25, 0.3) is 6.71 Å². The monoisotopic (exact) mass is 735 g/mol. The first-order valence-electron chi connectivity index (χ1n) is 20.1. The molecule has 0 atom stereocenters. The molecule has 9 aromatic carbocycles.